The van der Waals surface area contributed by atoms with Crippen LogP contribution in [0.1, 0.15) is 39.8 Å². The van der Waals surface area contributed by atoms with Crippen LogP contribution in [-0.4, -0.2) is 53.0 Å². The lowest BCUT2D eigenvalue weighted by molar-refractivity contribution is 0.468. The highest BCUT2D eigenvalue weighted by atomic mass is 32.2. The summed E-state index contributed by atoms with van der Waals surface area (Å²) in [4.78, 5) is 13.7. The first-order chi connectivity index (χ1) is 14.7. The number of hydrogen-bond acceptors (Lipinski definition) is 7. The summed E-state index contributed by atoms with van der Waals surface area (Å²) in [5, 5.41) is 10.6. The first kappa shape index (κ1) is 21.5. The molecule has 31 heavy (non-hydrogen) atoms. The van der Waals surface area contributed by atoms with Crippen molar-refractivity contribution >= 4 is 32.8 Å². The Morgan fingerprint density at radius 3 is 2.65 bits per heavy atom. The van der Waals surface area contributed by atoms with Crippen molar-refractivity contribution in [2.45, 2.75) is 73.4 Å². The molecule has 170 valence electrons. The summed E-state index contributed by atoms with van der Waals surface area (Å²) in [6.07, 6.45) is 1.47. The molecule has 0 spiro atoms. The lowest BCUT2D eigenvalue weighted by Crippen LogP contribution is -2.36. The second-order valence-electron chi connectivity index (χ2n) is 9.20. The highest BCUT2D eigenvalue weighted by Gasteiger charge is 2.41. The zero-order valence-electron chi connectivity index (χ0n) is 18.0. The van der Waals surface area contributed by atoms with Gasteiger partial charge in [-0.25, -0.2) is 17.9 Å². The van der Waals surface area contributed by atoms with Gasteiger partial charge in [-0.3, -0.25) is 14.5 Å². The van der Waals surface area contributed by atoms with Gasteiger partial charge >= 0.3 is 5.69 Å². The first-order valence-electron chi connectivity index (χ1n) is 10.8. The largest absolute Gasteiger partial charge is 0.330 e. The van der Waals surface area contributed by atoms with E-state index in [-0.39, 0.29) is 27.5 Å². The van der Waals surface area contributed by atoms with Crippen LogP contribution < -0.4 is 26.4 Å². The zero-order valence-corrected chi connectivity index (χ0v) is 19.6. The quantitative estimate of drug-likeness (QED) is 0.497. The van der Waals surface area contributed by atoms with Gasteiger partial charge in [0, 0.05) is 36.6 Å². The molecule has 11 heteroatoms. The molecule has 1 saturated carbocycles. The third kappa shape index (κ3) is 3.96. The van der Waals surface area contributed by atoms with E-state index >= 15 is 0 Å². The molecule has 2 aromatic rings. The number of aromatic nitrogens is 2. The highest BCUT2D eigenvalue weighted by Crippen LogP contribution is 2.36. The van der Waals surface area contributed by atoms with E-state index in [1.165, 1.54) is 0 Å². The van der Waals surface area contributed by atoms with Crippen LogP contribution >= 0.6 is 11.8 Å². The van der Waals surface area contributed by atoms with Gasteiger partial charge in [0.05, 0.1) is 21.3 Å². The third-order valence-corrected chi connectivity index (χ3v) is 9.62. The Labute approximate surface area is 186 Å². The first-order valence-corrected chi connectivity index (χ1v) is 13.2. The third-order valence-electron chi connectivity index (χ3n) is 6.53. The molecule has 3 heterocycles. The smallest absolute Gasteiger partial charge is 0.302 e. The number of thioether (sulfide) groups is 1. The summed E-state index contributed by atoms with van der Waals surface area (Å²) in [5.41, 5.74) is 0.949. The molecule has 2 aliphatic heterocycles. The second-order valence-corrected chi connectivity index (χ2v) is 12.5. The average molecular weight is 467 g/mol. The lowest BCUT2D eigenvalue weighted by Gasteiger charge is -2.15. The molecule has 9 nitrogen and oxygen atoms in total. The van der Waals surface area contributed by atoms with E-state index in [4.69, 9.17) is 0 Å². The zero-order chi connectivity index (χ0) is 22.0. The number of sulfonamides is 1. The summed E-state index contributed by atoms with van der Waals surface area (Å²) in [6.45, 7) is 7.99. The van der Waals surface area contributed by atoms with Crippen molar-refractivity contribution in [3.8, 4) is 0 Å². The monoisotopic (exact) mass is 466 g/mol. The van der Waals surface area contributed by atoms with Crippen molar-refractivity contribution < 1.29 is 8.42 Å². The van der Waals surface area contributed by atoms with Gasteiger partial charge in [-0.1, -0.05) is 0 Å². The van der Waals surface area contributed by atoms with Gasteiger partial charge in [0.1, 0.15) is 6.17 Å². The molecule has 3 fully saturated rings. The van der Waals surface area contributed by atoms with Crippen LogP contribution in [0, 0.1) is 0 Å². The molecule has 1 aliphatic carbocycles. The summed E-state index contributed by atoms with van der Waals surface area (Å²) < 4.78 is 32.2. The summed E-state index contributed by atoms with van der Waals surface area (Å²) in [6, 6.07) is 5.33. The molecule has 3 aliphatic rings. The molecule has 0 amide bonds. The Kier molecular flexibility index (Phi) is 5.26. The fourth-order valence-corrected chi connectivity index (χ4v) is 7.36. The van der Waals surface area contributed by atoms with Crippen LogP contribution in [-0.2, 0) is 16.6 Å². The summed E-state index contributed by atoms with van der Waals surface area (Å²) in [7, 11) is -3.65. The molecule has 0 bridgehead atoms. The van der Waals surface area contributed by atoms with Crippen LogP contribution in [0.3, 0.4) is 0 Å². The van der Waals surface area contributed by atoms with Crippen LogP contribution in [0.15, 0.2) is 27.9 Å². The van der Waals surface area contributed by atoms with Crippen molar-refractivity contribution in [2.24, 2.45) is 0 Å². The van der Waals surface area contributed by atoms with E-state index in [9.17, 15) is 13.2 Å². The number of hydrogen-bond donors (Lipinski definition) is 4. The van der Waals surface area contributed by atoms with Gasteiger partial charge in [0.15, 0.2) is 0 Å². The van der Waals surface area contributed by atoms with Gasteiger partial charge in [-0.15, -0.1) is 11.8 Å². The number of nitrogens with one attached hydrogen (secondary N) is 4. The maximum Gasteiger partial charge on any atom is 0.330 e. The van der Waals surface area contributed by atoms with E-state index in [0.29, 0.717) is 36.7 Å². The minimum atomic E-state index is -3.65. The van der Waals surface area contributed by atoms with Crippen molar-refractivity contribution in [1.82, 2.24) is 29.8 Å². The number of imidazole rings is 1. The van der Waals surface area contributed by atoms with Crippen molar-refractivity contribution in [3.05, 3.63) is 28.7 Å². The molecule has 0 radical (unpaired) electrons. The molecular weight excluding hydrogens is 436 g/mol. The van der Waals surface area contributed by atoms with Gasteiger partial charge in [0.2, 0.25) is 10.0 Å². The molecule has 4 atom stereocenters. The van der Waals surface area contributed by atoms with Crippen LogP contribution in [0.4, 0.5) is 0 Å². The predicted octanol–water partition coefficient (Wildman–Crippen LogP) is 0.722. The number of fused-ring (bicyclic) bond motifs is 1. The van der Waals surface area contributed by atoms with Gasteiger partial charge in [-0.2, -0.15) is 0 Å². The Morgan fingerprint density at radius 2 is 2.03 bits per heavy atom. The molecule has 5 rings (SSSR count). The number of nitrogens with zero attached hydrogens (tertiary/aromatic N) is 2. The fraction of sp³-hybridized carbons (Fsp3) is 0.650. The topological polar surface area (TPSA) is 109 Å². The normalized spacial score (nSPS) is 30.3. The Bertz CT molecular complexity index is 1160. The van der Waals surface area contributed by atoms with Crippen molar-refractivity contribution in [1.29, 1.82) is 0 Å². The maximum atomic E-state index is 13.5. The number of benzene rings is 1. The van der Waals surface area contributed by atoms with Gasteiger partial charge in [-0.05, 0) is 51.8 Å². The van der Waals surface area contributed by atoms with Crippen LogP contribution in [0.25, 0.3) is 11.0 Å². The van der Waals surface area contributed by atoms with E-state index in [1.54, 1.807) is 27.3 Å². The van der Waals surface area contributed by atoms with Crippen LogP contribution in [0.2, 0.25) is 0 Å². The van der Waals surface area contributed by atoms with E-state index in [1.807, 2.05) is 18.7 Å². The minimum absolute atomic E-state index is 0.111. The van der Waals surface area contributed by atoms with E-state index in [2.05, 4.69) is 34.5 Å². The highest BCUT2D eigenvalue weighted by molar-refractivity contribution is 8.00. The van der Waals surface area contributed by atoms with Crippen LogP contribution in [0.5, 0.6) is 0 Å². The molecular formula is C20H30N6O3S2. The van der Waals surface area contributed by atoms with Crippen molar-refractivity contribution in [3.63, 3.8) is 0 Å². The average Bonchev–Trinajstić information content (AvgIpc) is 3.05. The molecule has 2 saturated heterocycles. The SMILES string of the molecule is CC1NC(C)C(Cn2c(=O)n(C3CNCN3)c3cc(S(=O)(=O)NC4(C)CC4)ccc32)S1. The van der Waals surface area contributed by atoms with Gasteiger partial charge in [0.25, 0.3) is 0 Å². The molecule has 4 N–H and O–H groups in total. The Balaban J connectivity index is 1.59. The van der Waals surface area contributed by atoms with Crippen molar-refractivity contribution in [2.75, 3.05) is 13.2 Å². The second kappa shape index (κ2) is 7.60. The maximum absolute atomic E-state index is 13.5. The predicted molar refractivity (Wildman–Crippen MR) is 123 cm³/mol. The van der Waals surface area contributed by atoms with E-state index < -0.39 is 10.0 Å². The number of rotatable bonds is 6. The minimum Gasteiger partial charge on any atom is -0.302 e. The summed E-state index contributed by atoms with van der Waals surface area (Å²) >= 11 is 1.83. The summed E-state index contributed by atoms with van der Waals surface area (Å²) in [5.74, 6) is 0. The van der Waals surface area contributed by atoms with Gasteiger partial charge < -0.3 is 10.6 Å². The molecule has 1 aromatic carbocycles. The fourth-order valence-electron chi connectivity index (χ4n) is 4.51. The standard InChI is InChI=1S/C20H30N6O3S2/c1-12-17(30-13(2)23-12)10-25-15-5-4-14(31(28,29)24-20(3)6-7-20)8-16(15)26(19(25)27)18-9-21-11-22-18/h4-5,8,12-13,17-18,21-24H,6-7,9-11H2,1-3H3. The molecule has 4 unspecified atom stereocenters. The lowest BCUT2D eigenvalue weighted by atomic mass is 10.2. The Morgan fingerprint density at radius 1 is 1.26 bits per heavy atom. The molecule has 1 aromatic heterocycles. The van der Waals surface area contributed by atoms with E-state index in [0.717, 1.165) is 18.4 Å². The Hall–Kier alpha value is -1.37.